The summed E-state index contributed by atoms with van der Waals surface area (Å²) in [5.41, 5.74) is 9.21. The number of nitrogens with two attached hydrogens (primary N) is 1. The molecule has 1 aliphatic rings. The quantitative estimate of drug-likeness (QED) is 0.517. The minimum Gasteiger partial charge on any atom is -0.378 e. The molecule has 30 heavy (non-hydrogen) atoms. The van der Waals surface area contributed by atoms with E-state index in [4.69, 9.17) is 15.0 Å². The van der Waals surface area contributed by atoms with Crippen LogP contribution in [0.25, 0.3) is 16.7 Å². The predicted octanol–water partition coefficient (Wildman–Crippen LogP) is 3.69. The standard InChI is InChI=1S/C23H23FN4O2/c1-16(18-7-8-20(21(24)13-18)17-5-3-2-4-6-17)22-14-19(27-30-22)15-26-23(25)28-9-11-29-12-10-28/h2-8,13-14H,1,9-12,15H2,(H2,25,26). The van der Waals surface area contributed by atoms with E-state index in [1.165, 1.54) is 6.07 Å². The highest BCUT2D eigenvalue weighted by molar-refractivity contribution is 5.78. The summed E-state index contributed by atoms with van der Waals surface area (Å²) in [4.78, 5) is 6.35. The SMILES string of the molecule is C=C(c1ccc(-c2ccccc2)c(F)c1)c1cc(CN=C(N)N2CCOCC2)no1. The summed E-state index contributed by atoms with van der Waals surface area (Å²) >= 11 is 0. The Hall–Kier alpha value is -3.45. The van der Waals surface area contributed by atoms with Crippen molar-refractivity contribution >= 4 is 11.5 Å². The van der Waals surface area contributed by atoms with Crippen LogP contribution in [0.5, 0.6) is 0 Å². The smallest absolute Gasteiger partial charge is 0.191 e. The summed E-state index contributed by atoms with van der Waals surface area (Å²) in [6.07, 6.45) is 0. The fraction of sp³-hybridized carbons (Fsp3) is 0.217. The van der Waals surface area contributed by atoms with Gasteiger partial charge in [0.25, 0.3) is 0 Å². The van der Waals surface area contributed by atoms with E-state index >= 15 is 0 Å². The third-order valence-electron chi connectivity index (χ3n) is 5.00. The Morgan fingerprint density at radius 1 is 1.13 bits per heavy atom. The number of aromatic nitrogens is 1. The highest BCUT2D eigenvalue weighted by atomic mass is 19.1. The molecule has 2 N–H and O–H groups in total. The Bertz CT molecular complexity index is 1060. The Balaban J connectivity index is 1.45. The maximum Gasteiger partial charge on any atom is 0.191 e. The molecular weight excluding hydrogens is 383 g/mol. The summed E-state index contributed by atoms with van der Waals surface area (Å²) in [5.74, 6) is 0.611. The van der Waals surface area contributed by atoms with Gasteiger partial charge in [0, 0.05) is 30.3 Å². The molecule has 7 heteroatoms. The van der Waals surface area contributed by atoms with Gasteiger partial charge in [0.2, 0.25) is 0 Å². The van der Waals surface area contributed by atoms with E-state index in [2.05, 4.69) is 16.7 Å². The van der Waals surface area contributed by atoms with Crippen LogP contribution in [-0.2, 0) is 11.3 Å². The van der Waals surface area contributed by atoms with Crippen LogP contribution in [0.3, 0.4) is 0 Å². The van der Waals surface area contributed by atoms with Gasteiger partial charge in [0.15, 0.2) is 11.7 Å². The summed E-state index contributed by atoms with van der Waals surface area (Å²) in [6, 6.07) is 16.2. The van der Waals surface area contributed by atoms with Crippen molar-refractivity contribution < 1.29 is 13.7 Å². The molecule has 1 saturated heterocycles. The van der Waals surface area contributed by atoms with E-state index in [0.717, 1.165) is 18.7 Å². The van der Waals surface area contributed by atoms with Crippen LogP contribution >= 0.6 is 0 Å². The van der Waals surface area contributed by atoms with Gasteiger partial charge in [0.1, 0.15) is 11.5 Å². The number of benzene rings is 2. The van der Waals surface area contributed by atoms with Crippen molar-refractivity contribution in [3.63, 3.8) is 0 Å². The third-order valence-corrected chi connectivity index (χ3v) is 5.00. The molecule has 0 bridgehead atoms. The number of morpholine rings is 1. The highest BCUT2D eigenvalue weighted by Crippen LogP contribution is 2.28. The van der Waals surface area contributed by atoms with Crippen molar-refractivity contribution in [3.8, 4) is 11.1 Å². The topological polar surface area (TPSA) is 76.9 Å². The largest absolute Gasteiger partial charge is 0.378 e. The molecule has 1 aromatic heterocycles. The van der Waals surface area contributed by atoms with Crippen LogP contribution in [0.4, 0.5) is 4.39 Å². The maximum atomic E-state index is 14.7. The lowest BCUT2D eigenvalue weighted by Crippen LogP contribution is -2.44. The molecule has 1 fully saturated rings. The first-order valence-corrected chi connectivity index (χ1v) is 9.74. The zero-order valence-electron chi connectivity index (χ0n) is 16.6. The van der Waals surface area contributed by atoms with E-state index in [9.17, 15) is 4.39 Å². The molecule has 0 amide bonds. The monoisotopic (exact) mass is 406 g/mol. The summed E-state index contributed by atoms with van der Waals surface area (Å²) < 4.78 is 25.4. The Morgan fingerprint density at radius 2 is 1.90 bits per heavy atom. The van der Waals surface area contributed by atoms with Crippen LogP contribution in [0.15, 0.2) is 70.7 Å². The molecule has 154 valence electrons. The number of ether oxygens (including phenoxy) is 1. The van der Waals surface area contributed by atoms with Crippen molar-refractivity contribution in [1.82, 2.24) is 10.1 Å². The average Bonchev–Trinajstić information content (AvgIpc) is 3.27. The normalized spacial score (nSPS) is 14.7. The molecule has 6 nitrogen and oxygen atoms in total. The van der Waals surface area contributed by atoms with Crippen LogP contribution in [0.2, 0.25) is 0 Å². The first kappa shape index (κ1) is 19.8. The number of halogens is 1. The van der Waals surface area contributed by atoms with E-state index in [1.54, 1.807) is 12.1 Å². The molecule has 0 spiro atoms. The van der Waals surface area contributed by atoms with Gasteiger partial charge in [-0.3, -0.25) is 0 Å². The zero-order valence-corrected chi connectivity index (χ0v) is 16.6. The van der Waals surface area contributed by atoms with Crippen molar-refractivity contribution in [1.29, 1.82) is 0 Å². The summed E-state index contributed by atoms with van der Waals surface area (Å²) in [7, 11) is 0. The van der Waals surface area contributed by atoms with Gasteiger partial charge in [-0.25, -0.2) is 9.38 Å². The lowest BCUT2D eigenvalue weighted by atomic mass is 9.99. The number of rotatable bonds is 5. The third kappa shape index (κ3) is 4.41. The van der Waals surface area contributed by atoms with Gasteiger partial charge < -0.3 is 19.9 Å². The van der Waals surface area contributed by atoms with Gasteiger partial charge in [-0.1, -0.05) is 54.2 Å². The molecule has 1 aliphatic heterocycles. The predicted molar refractivity (Wildman–Crippen MR) is 114 cm³/mol. The first-order chi connectivity index (χ1) is 14.6. The molecule has 0 atom stereocenters. The van der Waals surface area contributed by atoms with Crippen LogP contribution < -0.4 is 5.73 Å². The fourth-order valence-electron chi connectivity index (χ4n) is 3.28. The number of nitrogens with zero attached hydrogens (tertiary/aromatic N) is 3. The Labute approximate surface area is 174 Å². The molecule has 0 unspecified atom stereocenters. The van der Waals surface area contributed by atoms with Gasteiger partial charge in [-0.15, -0.1) is 0 Å². The number of hydrogen-bond donors (Lipinski definition) is 1. The summed E-state index contributed by atoms with van der Waals surface area (Å²) in [6.45, 7) is 7.06. The molecule has 2 aromatic carbocycles. The van der Waals surface area contributed by atoms with E-state index < -0.39 is 0 Å². The minimum absolute atomic E-state index is 0.293. The number of guanidine groups is 1. The van der Waals surface area contributed by atoms with Crippen molar-refractivity contribution in [2.24, 2.45) is 10.7 Å². The van der Waals surface area contributed by atoms with Crippen molar-refractivity contribution in [2.45, 2.75) is 6.54 Å². The summed E-state index contributed by atoms with van der Waals surface area (Å²) in [5, 5.41) is 4.03. The maximum absolute atomic E-state index is 14.7. The van der Waals surface area contributed by atoms with Crippen molar-refractivity contribution in [3.05, 3.63) is 84.0 Å². The first-order valence-electron chi connectivity index (χ1n) is 9.74. The van der Waals surface area contributed by atoms with Gasteiger partial charge in [0.05, 0.1) is 19.8 Å². The second-order valence-corrected chi connectivity index (χ2v) is 7.00. The average molecular weight is 406 g/mol. The van der Waals surface area contributed by atoms with E-state index in [1.807, 2.05) is 41.3 Å². The molecule has 0 radical (unpaired) electrons. The van der Waals surface area contributed by atoms with Gasteiger partial charge in [-0.05, 0) is 17.2 Å². The molecule has 0 saturated carbocycles. The van der Waals surface area contributed by atoms with Gasteiger partial charge in [-0.2, -0.15) is 0 Å². The van der Waals surface area contributed by atoms with E-state index in [0.29, 0.717) is 53.9 Å². The number of aliphatic imine (C=N–C) groups is 1. The Morgan fingerprint density at radius 3 is 2.63 bits per heavy atom. The van der Waals surface area contributed by atoms with Crippen LogP contribution in [0, 0.1) is 5.82 Å². The van der Waals surface area contributed by atoms with Crippen LogP contribution in [-0.4, -0.2) is 42.3 Å². The molecule has 3 aromatic rings. The second kappa shape index (κ2) is 8.92. The van der Waals surface area contributed by atoms with Crippen molar-refractivity contribution in [2.75, 3.05) is 26.3 Å². The lowest BCUT2D eigenvalue weighted by molar-refractivity contribution is 0.0674. The lowest BCUT2D eigenvalue weighted by Gasteiger charge is -2.27. The second-order valence-electron chi connectivity index (χ2n) is 7.00. The van der Waals surface area contributed by atoms with Crippen LogP contribution in [0.1, 0.15) is 17.0 Å². The molecule has 2 heterocycles. The Kier molecular flexibility index (Phi) is 5.90. The molecular formula is C23H23FN4O2. The minimum atomic E-state index is -0.317. The zero-order chi connectivity index (χ0) is 20.9. The number of hydrogen-bond acceptors (Lipinski definition) is 4. The molecule has 0 aliphatic carbocycles. The van der Waals surface area contributed by atoms with E-state index in [-0.39, 0.29) is 5.82 Å². The fourth-order valence-corrected chi connectivity index (χ4v) is 3.28. The highest BCUT2D eigenvalue weighted by Gasteiger charge is 2.14. The molecule has 4 rings (SSSR count). The van der Waals surface area contributed by atoms with Gasteiger partial charge >= 0.3 is 0 Å².